The molecule has 140 valence electrons. The summed E-state index contributed by atoms with van der Waals surface area (Å²) in [5, 5.41) is 6.44. The third kappa shape index (κ3) is 6.67. The molecule has 0 spiro atoms. The van der Waals surface area contributed by atoms with Crippen LogP contribution in [0.4, 0.5) is 4.79 Å². The van der Waals surface area contributed by atoms with Crippen LogP contribution in [0.25, 0.3) is 0 Å². The van der Waals surface area contributed by atoms with Gasteiger partial charge in [-0.15, -0.1) is 0 Å². The van der Waals surface area contributed by atoms with Crippen molar-refractivity contribution in [3.8, 4) is 0 Å². The lowest BCUT2D eigenvalue weighted by Gasteiger charge is -2.36. The number of carbonyl (C=O) groups is 1. The average Bonchev–Trinajstić information content (AvgIpc) is 2.44. The summed E-state index contributed by atoms with van der Waals surface area (Å²) in [6.07, 6.45) is -0.382. The van der Waals surface area contributed by atoms with E-state index < -0.39 is 5.60 Å². The van der Waals surface area contributed by atoms with Crippen LogP contribution in [0.1, 0.15) is 58.7 Å². The van der Waals surface area contributed by atoms with Gasteiger partial charge in [0.15, 0.2) is 0 Å². The molecule has 1 aromatic rings. The molecule has 1 aliphatic heterocycles. The Kier molecular flexibility index (Phi) is 6.47. The SMILES string of the molecule is C[C@@H]1CN(Cc2ccc([C@H](C)NC(=O)OC(C)(C)C)cc2)C[C@@H](C)N1. The zero-order valence-electron chi connectivity index (χ0n) is 16.4. The van der Waals surface area contributed by atoms with Gasteiger partial charge in [-0.05, 0) is 52.7 Å². The highest BCUT2D eigenvalue weighted by atomic mass is 16.6. The summed E-state index contributed by atoms with van der Waals surface area (Å²) in [6, 6.07) is 9.46. The summed E-state index contributed by atoms with van der Waals surface area (Å²) in [4.78, 5) is 14.4. The van der Waals surface area contributed by atoms with Crippen molar-refractivity contribution in [1.29, 1.82) is 0 Å². The van der Waals surface area contributed by atoms with Crippen LogP contribution in [0.3, 0.4) is 0 Å². The van der Waals surface area contributed by atoms with E-state index in [0.717, 1.165) is 25.2 Å². The van der Waals surface area contributed by atoms with E-state index >= 15 is 0 Å². The Balaban J connectivity index is 1.89. The van der Waals surface area contributed by atoms with Crippen LogP contribution in [-0.4, -0.2) is 41.8 Å². The number of nitrogens with one attached hydrogen (secondary N) is 2. The largest absolute Gasteiger partial charge is 0.444 e. The number of hydrogen-bond donors (Lipinski definition) is 2. The Morgan fingerprint density at radius 1 is 1.24 bits per heavy atom. The maximum absolute atomic E-state index is 11.9. The molecule has 3 atom stereocenters. The second-order valence-corrected chi connectivity index (χ2v) is 8.27. The lowest BCUT2D eigenvalue weighted by Crippen LogP contribution is -2.53. The van der Waals surface area contributed by atoms with Gasteiger partial charge in [-0.1, -0.05) is 24.3 Å². The van der Waals surface area contributed by atoms with Crippen molar-refractivity contribution in [3.05, 3.63) is 35.4 Å². The molecule has 1 fully saturated rings. The quantitative estimate of drug-likeness (QED) is 0.876. The fourth-order valence-corrected chi connectivity index (χ4v) is 3.31. The van der Waals surface area contributed by atoms with Crippen LogP contribution in [0.2, 0.25) is 0 Å². The second-order valence-electron chi connectivity index (χ2n) is 8.27. The molecule has 0 radical (unpaired) electrons. The normalized spacial score (nSPS) is 23.1. The number of amides is 1. The topological polar surface area (TPSA) is 53.6 Å². The second kappa shape index (κ2) is 8.19. The van der Waals surface area contributed by atoms with E-state index in [1.54, 1.807) is 0 Å². The molecule has 5 nitrogen and oxygen atoms in total. The van der Waals surface area contributed by atoms with Crippen LogP contribution in [0, 0.1) is 0 Å². The molecule has 0 unspecified atom stereocenters. The van der Waals surface area contributed by atoms with E-state index in [4.69, 9.17) is 4.74 Å². The van der Waals surface area contributed by atoms with E-state index in [2.05, 4.69) is 53.6 Å². The summed E-state index contributed by atoms with van der Waals surface area (Å²) in [5.74, 6) is 0. The van der Waals surface area contributed by atoms with Gasteiger partial charge < -0.3 is 15.4 Å². The first kappa shape index (κ1) is 19.7. The van der Waals surface area contributed by atoms with E-state index in [9.17, 15) is 4.79 Å². The van der Waals surface area contributed by atoms with E-state index in [-0.39, 0.29) is 12.1 Å². The van der Waals surface area contributed by atoms with Crippen LogP contribution in [-0.2, 0) is 11.3 Å². The average molecular weight is 348 g/mol. The fraction of sp³-hybridized carbons (Fsp3) is 0.650. The van der Waals surface area contributed by atoms with Crippen molar-refractivity contribution in [3.63, 3.8) is 0 Å². The molecule has 0 bridgehead atoms. The minimum absolute atomic E-state index is 0.0804. The minimum atomic E-state index is -0.481. The van der Waals surface area contributed by atoms with Gasteiger partial charge in [-0.25, -0.2) is 4.79 Å². The molecule has 0 saturated carbocycles. The van der Waals surface area contributed by atoms with Gasteiger partial charge in [0.1, 0.15) is 5.60 Å². The monoisotopic (exact) mass is 347 g/mol. The van der Waals surface area contributed by atoms with Gasteiger partial charge in [0.25, 0.3) is 0 Å². The molecule has 1 aromatic carbocycles. The Morgan fingerprint density at radius 2 is 1.80 bits per heavy atom. The highest BCUT2D eigenvalue weighted by molar-refractivity contribution is 5.68. The van der Waals surface area contributed by atoms with E-state index in [1.807, 2.05) is 27.7 Å². The third-order valence-corrected chi connectivity index (χ3v) is 4.25. The van der Waals surface area contributed by atoms with Crippen LogP contribution >= 0.6 is 0 Å². The Hall–Kier alpha value is -1.59. The number of carbonyl (C=O) groups excluding carboxylic acids is 1. The fourth-order valence-electron chi connectivity index (χ4n) is 3.31. The van der Waals surface area contributed by atoms with Crippen molar-refractivity contribution < 1.29 is 9.53 Å². The summed E-state index contributed by atoms with van der Waals surface area (Å²) < 4.78 is 5.31. The van der Waals surface area contributed by atoms with Crippen molar-refractivity contribution in [2.75, 3.05) is 13.1 Å². The van der Waals surface area contributed by atoms with Gasteiger partial charge in [0, 0.05) is 31.7 Å². The first-order chi connectivity index (χ1) is 11.6. The number of rotatable bonds is 4. The van der Waals surface area contributed by atoms with Crippen LogP contribution in [0.15, 0.2) is 24.3 Å². The Bertz CT molecular complexity index is 555. The maximum atomic E-state index is 11.9. The van der Waals surface area contributed by atoms with Crippen molar-refractivity contribution in [1.82, 2.24) is 15.5 Å². The standard InChI is InChI=1S/C20H33N3O2/c1-14-11-23(12-15(2)21-14)13-17-7-9-18(10-8-17)16(3)22-19(24)25-20(4,5)6/h7-10,14-16,21H,11-13H2,1-6H3,(H,22,24)/t14-,15-,16+/m1/s1. The highest BCUT2D eigenvalue weighted by Gasteiger charge is 2.21. The summed E-state index contributed by atoms with van der Waals surface area (Å²) in [7, 11) is 0. The molecule has 0 aliphatic carbocycles. The van der Waals surface area contributed by atoms with Crippen LogP contribution < -0.4 is 10.6 Å². The molecule has 0 aromatic heterocycles. The number of hydrogen-bond acceptors (Lipinski definition) is 4. The van der Waals surface area contributed by atoms with Crippen molar-refractivity contribution in [2.24, 2.45) is 0 Å². The van der Waals surface area contributed by atoms with Crippen molar-refractivity contribution >= 4 is 6.09 Å². The van der Waals surface area contributed by atoms with Gasteiger partial charge in [-0.2, -0.15) is 0 Å². The van der Waals surface area contributed by atoms with Crippen molar-refractivity contribution in [2.45, 2.75) is 71.8 Å². The number of alkyl carbamates (subject to hydrolysis) is 1. The molecule has 1 heterocycles. The molecular formula is C20H33N3O2. The highest BCUT2D eigenvalue weighted by Crippen LogP contribution is 2.17. The summed E-state index contributed by atoms with van der Waals surface area (Å²) in [5.41, 5.74) is 1.90. The van der Waals surface area contributed by atoms with E-state index in [1.165, 1.54) is 5.56 Å². The third-order valence-electron chi connectivity index (χ3n) is 4.25. The molecule has 2 N–H and O–H groups in total. The first-order valence-corrected chi connectivity index (χ1v) is 9.19. The molecular weight excluding hydrogens is 314 g/mol. The zero-order chi connectivity index (χ0) is 18.6. The number of ether oxygens (including phenoxy) is 1. The van der Waals surface area contributed by atoms with Gasteiger partial charge in [0.2, 0.25) is 0 Å². The molecule has 1 aliphatic rings. The first-order valence-electron chi connectivity index (χ1n) is 9.19. The number of piperazine rings is 1. The van der Waals surface area contributed by atoms with Crippen LogP contribution in [0.5, 0.6) is 0 Å². The predicted octanol–water partition coefficient (Wildman–Crippen LogP) is 3.45. The van der Waals surface area contributed by atoms with Gasteiger partial charge in [-0.3, -0.25) is 4.90 Å². The van der Waals surface area contributed by atoms with Gasteiger partial charge in [0.05, 0.1) is 6.04 Å². The summed E-state index contributed by atoms with van der Waals surface area (Å²) in [6.45, 7) is 15.1. The number of nitrogens with zero attached hydrogens (tertiary/aromatic N) is 1. The molecule has 1 saturated heterocycles. The smallest absolute Gasteiger partial charge is 0.408 e. The maximum Gasteiger partial charge on any atom is 0.408 e. The zero-order valence-corrected chi connectivity index (χ0v) is 16.4. The summed E-state index contributed by atoms with van der Waals surface area (Å²) >= 11 is 0. The minimum Gasteiger partial charge on any atom is -0.444 e. The molecule has 1 amide bonds. The number of benzene rings is 1. The van der Waals surface area contributed by atoms with E-state index in [0.29, 0.717) is 12.1 Å². The molecule has 2 rings (SSSR count). The Labute approximate surface area is 152 Å². The predicted molar refractivity (Wildman–Crippen MR) is 102 cm³/mol. The van der Waals surface area contributed by atoms with Gasteiger partial charge >= 0.3 is 6.09 Å². The molecule has 25 heavy (non-hydrogen) atoms. The molecule has 5 heteroatoms. The lowest BCUT2D eigenvalue weighted by molar-refractivity contribution is 0.0508. The lowest BCUT2D eigenvalue weighted by atomic mass is 10.0. The Morgan fingerprint density at radius 3 is 2.32 bits per heavy atom.